The van der Waals surface area contributed by atoms with Crippen molar-refractivity contribution in [1.29, 1.82) is 0 Å². The van der Waals surface area contributed by atoms with E-state index in [2.05, 4.69) is 15.0 Å². The first-order valence-electron chi connectivity index (χ1n) is 10.9. The Hall–Kier alpha value is -4.98. The summed E-state index contributed by atoms with van der Waals surface area (Å²) in [5.74, 6) is -0.558. The second-order valence-electron chi connectivity index (χ2n) is 8.38. The number of nitrogens with two attached hydrogens (primary N) is 1. The van der Waals surface area contributed by atoms with Crippen molar-refractivity contribution in [3.05, 3.63) is 94.8 Å². The number of aromatic amines is 1. The molecule has 0 aliphatic rings. The van der Waals surface area contributed by atoms with Gasteiger partial charge in [0.1, 0.15) is 12.1 Å². The SMILES string of the molecule is Cc1c(-c2cnc(C(N)=O)c3[nH]c4cc(O)ccc4c23)cccc1-n1cnc2ccccc2c1=O. The number of benzene rings is 3. The maximum Gasteiger partial charge on any atom is 0.269 e. The van der Waals surface area contributed by atoms with E-state index < -0.39 is 5.91 Å². The molecule has 1 amide bonds. The molecule has 4 N–H and O–H groups in total. The zero-order chi connectivity index (χ0) is 24.3. The highest BCUT2D eigenvalue weighted by molar-refractivity contribution is 6.19. The summed E-state index contributed by atoms with van der Waals surface area (Å²) < 4.78 is 1.54. The van der Waals surface area contributed by atoms with Crippen molar-refractivity contribution in [2.45, 2.75) is 6.92 Å². The van der Waals surface area contributed by atoms with Gasteiger partial charge in [-0.3, -0.25) is 14.2 Å². The van der Waals surface area contributed by atoms with Gasteiger partial charge >= 0.3 is 0 Å². The van der Waals surface area contributed by atoms with Gasteiger partial charge in [-0.05, 0) is 48.4 Å². The number of aromatic nitrogens is 4. The smallest absolute Gasteiger partial charge is 0.269 e. The molecule has 35 heavy (non-hydrogen) atoms. The molecule has 3 aromatic carbocycles. The minimum Gasteiger partial charge on any atom is -0.508 e. The van der Waals surface area contributed by atoms with E-state index in [1.165, 1.54) is 10.9 Å². The molecule has 0 aliphatic carbocycles. The number of phenolic OH excluding ortho intramolecular Hbond substituents is 1. The Morgan fingerprint density at radius 2 is 1.83 bits per heavy atom. The van der Waals surface area contributed by atoms with Crippen LogP contribution in [0.5, 0.6) is 5.75 Å². The van der Waals surface area contributed by atoms with Crippen LogP contribution >= 0.6 is 0 Å². The molecule has 0 spiro atoms. The summed E-state index contributed by atoms with van der Waals surface area (Å²) in [6, 6.07) is 17.9. The number of para-hydroxylation sites is 1. The highest BCUT2D eigenvalue weighted by atomic mass is 16.3. The summed E-state index contributed by atoms with van der Waals surface area (Å²) in [6.07, 6.45) is 3.16. The molecule has 170 valence electrons. The van der Waals surface area contributed by atoms with Gasteiger partial charge in [0, 0.05) is 28.6 Å². The van der Waals surface area contributed by atoms with Crippen LogP contribution in [0, 0.1) is 6.92 Å². The maximum absolute atomic E-state index is 13.3. The van der Waals surface area contributed by atoms with Crippen molar-refractivity contribution in [2.75, 3.05) is 0 Å². The number of fused-ring (bicyclic) bond motifs is 4. The fourth-order valence-electron chi connectivity index (χ4n) is 4.71. The third-order valence-corrected chi connectivity index (χ3v) is 6.36. The lowest BCUT2D eigenvalue weighted by Crippen LogP contribution is -2.19. The number of nitrogens with zero attached hydrogens (tertiary/aromatic N) is 3. The van der Waals surface area contributed by atoms with Crippen molar-refractivity contribution in [1.82, 2.24) is 19.5 Å². The second-order valence-corrected chi connectivity index (χ2v) is 8.38. The van der Waals surface area contributed by atoms with Crippen molar-refractivity contribution in [2.24, 2.45) is 5.73 Å². The Labute approximate surface area is 198 Å². The lowest BCUT2D eigenvalue weighted by molar-refractivity contribution is 0.0997. The molecule has 0 aliphatic heterocycles. The van der Waals surface area contributed by atoms with Crippen molar-refractivity contribution < 1.29 is 9.90 Å². The molecule has 0 radical (unpaired) electrons. The number of hydrogen-bond donors (Lipinski definition) is 3. The van der Waals surface area contributed by atoms with E-state index in [9.17, 15) is 14.7 Å². The molecule has 6 aromatic rings. The molecule has 3 heterocycles. The normalized spacial score (nSPS) is 11.5. The molecule has 0 unspecified atom stereocenters. The van der Waals surface area contributed by atoms with Crippen LogP contribution in [0.2, 0.25) is 0 Å². The van der Waals surface area contributed by atoms with E-state index in [0.717, 1.165) is 27.5 Å². The van der Waals surface area contributed by atoms with Crippen LogP contribution in [0.1, 0.15) is 16.1 Å². The average Bonchev–Trinajstić information content (AvgIpc) is 3.23. The van der Waals surface area contributed by atoms with Gasteiger partial charge in [-0.25, -0.2) is 9.97 Å². The Balaban J connectivity index is 1.65. The summed E-state index contributed by atoms with van der Waals surface area (Å²) in [6.45, 7) is 1.93. The monoisotopic (exact) mass is 461 g/mol. The molecule has 0 saturated carbocycles. The van der Waals surface area contributed by atoms with Crippen molar-refractivity contribution >= 4 is 38.6 Å². The van der Waals surface area contributed by atoms with Crippen LogP contribution < -0.4 is 11.3 Å². The summed E-state index contributed by atoms with van der Waals surface area (Å²) in [7, 11) is 0. The minimum atomic E-state index is -0.656. The third kappa shape index (κ3) is 3.07. The number of phenols is 1. The van der Waals surface area contributed by atoms with Crippen molar-refractivity contribution in [3.8, 4) is 22.6 Å². The summed E-state index contributed by atoms with van der Waals surface area (Å²) >= 11 is 0. The first-order chi connectivity index (χ1) is 16.9. The lowest BCUT2D eigenvalue weighted by Gasteiger charge is -2.15. The average molecular weight is 461 g/mol. The molecule has 0 fully saturated rings. The Kier molecular flexibility index (Phi) is 4.43. The molecule has 8 heteroatoms. The molecule has 0 saturated heterocycles. The van der Waals surface area contributed by atoms with Crippen LogP contribution in [0.15, 0.2) is 78.0 Å². The molecule has 0 atom stereocenters. The predicted molar refractivity (Wildman–Crippen MR) is 135 cm³/mol. The highest BCUT2D eigenvalue weighted by Gasteiger charge is 2.20. The minimum absolute atomic E-state index is 0.0977. The van der Waals surface area contributed by atoms with Gasteiger partial charge in [-0.15, -0.1) is 0 Å². The van der Waals surface area contributed by atoms with E-state index in [0.29, 0.717) is 27.6 Å². The van der Waals surface area contributed by atoms with E-state index in [1.54, 1.807) is 30.5 Å². The number of carbonyl (C=O) groups excluding carboxylic acids is 1. The number of carbonyl (C=O) groups is 1. The van der Waals surface area contributed by atoms with E-state index in [1.807, 2.05) is 43.3 Å². The van der Waals surface area contributed by atoms with Crippen LogP contribution in [-0.4, -0.2) is 30.5 Å². The molecular formula is C27H19N5O3. The van der Waals surface area contributed by atoms with E-state index in [4.69, 9.17) is 5.73 Å². The van der Waals surface area contributed by atoms with Gasteiger partial charge < -0.3 is 15.8 Å². The predicted octanol–water partition coefficient (Wildman–Crippen LogP) is 4.20. The highest BCUT2D eigenvalue weighted by Crippen LogP contribution is 2.38. The van der Waals surface area contributed by atoms with Gasteiger partial charge in [0.2, 0.25) is 0 Å². The number of nitrogens with one attached hydrogen (secondary N) is 1. The number of pyridine rings is 1. The lowest BCUT2D eigenvalue weighted by atomic mass is 9.95. The second kappa shape index (κ2) is 7.53. The maximum atomic E-state index is 13.3. The number of aromatic hydroxyl groups is 1. The largest absolute Gasteiger partial charge is 0.508 e. The molecule has 8 nitrogen and oxygen atoms in total. The quantitative estimate of drug-likeness (QED) is 0.364. The van der Waals surface area contributed by atoms with Gasteiger partial charge in [0.05, 0.1) is 27.6 Å². The summed E-state index contributed by atoms with van der Waals surface area (Å²) in [5, 5.41) is 12.1. The fourth-order valence-corrected chi connectivity index (χ4v) is 4.71. The van der Waals surface area contributed by atoms with E-state index in [-0.39, 0.29) is 17.0 Å². The summed E-state index contributed by atoms with van der Waals surface area (Å²) in [5.41, 5.74) is 10.5. The van der Waals surface area contributed by atoms with E-state index >= 15 is 0 Å². The Morgan fingerprint density at radius 3 is 2.66 bits per heavy atom. The number of amides is 1. The fraction of sp³-hybridized carbons (Fsp3) is 0.0370. The standard InChI is InChI=1S/C27H19N5O3/c1-14-16(6-4-8-22(14)32-13-30-20-7-3-2-5-18(20)27(32)35)19-12-29-25(26(28)34)24-23(19)17-10-9-15(33)11-21(17)31-24/h2-13,31,33H,1H3,(H2,28,34). The third-order valence-electron chi connectivity index (χ3n) is 6.36. The van der Waals surface area contributed by atoms with Gasteiger partial charge in [0.15, 0.2) is 5.69 Å². The van der Waals surface area contributed by atoms with Crippen LogP contribution in [0.25, 0.3) is 49.5 Å². The number of H-pyrrole nitrogens is 1. The molecular weight excluding hydrogens is 442 g/mol. The summed E-state index contributed by atoms with van der Waals surface area (Å²) in [4.78, 5) is 37.4. The number of rotatable bonds is 3. The Morgan fingerprint density at radius 1 is 1.00 bits per heavy atom. The zero-order valence-electron chi connectivity index (χ0n) is 18.6. The Bertz CT molecular complexity index is 1880. The first-order valence-corrected chi connectivity index (χ1v) is 10.9. The molecule has 3 aromatic heterocycles. The van der Waals surface area contributed by atoms with Crippen LogP contribution in [0.4, 0.5) is 0 Å². The van der Waals surface area contributed by atoms with Crippen LogP contribution in [-0.2, 0) is 0 Å². The first kappa shape index (κ1) is 20.6. The van der Waals surface area contributed by atoms with Gasteiger partial charge in [-0.2, -0.15) is 0 Å². The zero-order valence-corrected chi connectivity index (χ0v) is 18.6. The van der Waals surface area contributed by atoms with Gasteiger partial charge in [0.25, 0.3) is 11.5 Å². The van der Waals surface area contributed by atoms with Gasteiger partial charge in [-0.1, -0.05) is 24.3 Å². The van der Waals surface area contributed by atoms with Crippen LogP contribution in [0.3, 0.4) is 0 Å². The van der Waals surface area contributed by atoms with Crippen molar-refractivity contribution in [3.63, 3.8) is 0 Å². The number of primary amides is 1. The number of hydrogen-bond acceptors (Lipinski definition) is 5. The topological polar surface area (TPSA) is 127 Å². The molecule has 6 rings (SSSR count). The molecule has 0 bridgehead atoms.